The summed E-state index contributed by atoms with van der Waals surface area (Å²) in [7, 11) is 0. The van der Waals surface area contributed by atoms with Gasteiger partial charge in [-0.2, -0.15) is 0 Å². The summed E-state index contributed by atoms with van der Waals surface area (Å²) >= 11 is 4.89. The van der Waals surface area contributed by atoms with E-state index in [1.807, 2.05) is 5.38 Å². The molecule has 0 bridgehead atoms. The van der Waals surface area contributed by atoms with Crippen LogP contribution in [0.15, 0.2) is 28.1 Å². The van der Waals surface area contributed by atoms with Crippen LogP contribution < -0.4 is 4.74 Å². The minimum atomic E-state index is -0.363. The lowest BCUT2D eigenvalue weighted by atomic mass is 10.2. The first-order valence-corrected chi connectivity index (χ1v) is 7.25. The standard InChI is InChI=1S/C13H13BrFNOS/c1-8(2)13-16-10(7-18-13)6-17-12-5-9(14)3-4-11(12)15/h3-5,7-8H,6H2,1-2H3. The Morgan fingerprint density at radius 1 is 1.44 bits per heavy atom. The number of ether oxygens (including phenoxy) is 1. The fourth-order valence-corrected chi connectivity index (χ4v) is 2.55. The minimum Gasteiger partial charge on any atom is -0.484 e. The predicted octanol–water partition coefficient (Wildman–Crippen LogP) is 4.75. The van der Waals surface area contributed by atoms with Crippen LogP contribution in [0.25, 0.3) is 0 Å². The van der Waals surface area contributed by atoms with Crippen molar-refractivity contribution >= 4 is 27.3 Å². The van der Waals surface area contributed by atoms with E-state index in [9.17, 15) is 4.39 Å². The van der Waals surface area contributed by atoms with Crippen LogP contribution in [0.1, 0.15) is 30.5 Å². The molecule has 0 aliphatic carbocycles. The van der Waals surface area contributed by atoms with Gasteiger partial charge in [-0.25, -0.2) is 9.37 Å². The van der Waals surface area contributed by atoms with Crippen LogP contribution in [-0.2, 0) is 6.61 Å². The van der Waals surface area contributed by atoms with Crippen molar-refractivity contribution in [1.82, 2.24) is 4.98 Å². The Morgan fingerprint density at radius 2 is 2.22 bits per heavy atom. The van der Waals surface area contributed by atoms with Crippen molar-refractivity contribution in [3.05, 3.63) is 44.6 Å². The lowest BCUT2D eigenvalue weighted by Crippen LogP contribution is -1.98. The summed E-state index contributed by atoms with van der Waals surface area (Å²) in [6.45, 7) is 4.48. The van der Waals surface area contributed by atoms with Crippen molar-refractivity contribution < 1.29 is 9.13 Å². The summed E-state index contributed by atoms with van der Waals surface area (Å²) in [6, 6.07) is 4.63. The van der Waals surface area contributed by atoms with Gasteiger partial charge in [-0.15, -0.1) is 11.3 Å². The lowest BCUT2D eigenvalue weighted by Gasteiger charge is -2.06. The monoisotopic (exact) mass is 329 g/mol. The molecule has 0 fully saturated rings. The number of hydrogen-bond acceptors (Lipinski definition) is 3. The molecule has 0 N–H and O–H groups in total. The number of benzene rings is 1. The Hall–Kier alpha value is -0.940. The topological polar surface area (TPSA) is 22.1 Å². The Labute approximate surface area is 118 Å². The molecule has 5 heteroatoms. The Balaban J connectivity index is 2.04. The van der Waals surface area contributed by atoms with Gasteiger partial charge in [0.15, 0.2) is 11.6 Å². The van der Waals surface area contributed by atoms with Crippen LogP contribution in [-0.4, -0.2) is 4.98 Å². The van der Waals surface area contributed by atoms with Crippen molar-refractivity contribution in [1.29, 1.82) is 0 Å². The summed E-state index contributed by atoms with van der Waals surface area (Å²) in [4.78, 5) is 4.44. The van der Waals surface area contributed by atoms with Crippen molar-refractivity contribution in [3.8, 4) is 5.75 Å². The third-order valence-corrected chi connectivity index (χ3v) is 4.02. The van der Waals surface area contributed by atoms with Crippen LogP contribution in [0.2, 0.25) is 0 Å². The first kappa shape index (κ1) is 13.5. The molecule has 1 aromatic heterocycles. The quantitative estimate of drug-likeness (QED) is 0.807. The number of thiazole rings is 1. The number of aromatic nitrogens is 1. The molecule has 2 rings (SSSR count). The lowest BCUT2D eigenvalue weighted by molar-refractivity contribution is 0.286. The van der Waals surface area contributed by atoms with Crippen LogP contribution in [0, 0.1) is 5.82 Å². The number of nitrogens with zero attached hydrogens (tertiary/aromatic N) is 1. The highest BCUT2D eigenvalue weighted by molar-refractivity contribution is 9.10. The molecule has 96 valence electrons. The maximum atomic E-state index is 13.4. The SMILES string of the molecule is CC(C)c1nc(COc2cc(Br)ccc2F)cs1. The van der Waals surface area contributed by atoms with E-state index in [4.69, 9.17) is 4.74 Å². The Morgan fingerprint density at radius 3 is 2.89 bits per heavy atom. The summed E-state index contributed by atoms with van der Waals surface area (Å²) in [5.41, 5.74) is 0.836. The molecule has 0 radical (unpaired) electrons. The highest BCUT2D eigenvalue weighted by Gasteiger charge is 2.08. The number of rotatable bonds is 4. The van der Waals surface area contributed by atoms with E-state index in [0.717, 1.165) is 15.2 Å². The van der Waals surface area contributed by atoms with Crippen molar-refractivity contribution in [2.75, 3.05) is 0 Å². The van der Waals surface area contributed by atoms with Gasteiger partial charge in [-0.1, -0.05) is 29.8 Å². The summed E-state index contributed by atoms with van der Waals surface area (Å²) in [5.74, 6) is 0.285. The number of halogens is 2. The first-order valence-electron chi connectivity index (χ1n) is 5.58. The summed E-state index contributed by atoms with van der Waals surface area (Å²) in [5, 5.41) is 3.02. The van der Waals surface area contributed by atoms with E-state index < -0.39 is 0 Å². The predicted molar refractivity (Wildman–Crippen MR) is 74.6 cm³/mol. The first-order chi connectivity index (χ1) is 8.56. The molecule has 0 atom stereocenters. The van der Waals surface area contributed by atoms with Gasteiger partial charge in [-0.05, 0) is 18.2 Å². The highest BCUT2D eigenvalue weighted by atomic mass is 79.9. The Bertz CT molecular complexity index is 542. The second-order valence-electron chi connectivity index (χ2n) is 4.20. The van der Waals surface area contributed by atoms with Crippen molar-refractivity contribution in [3.63, 3.8) is 0 Å². The Kier molecular flexibility index (Phi) is 4.35. The summed E-state index contributed by atoms with van der Waals surface area (Å²) in [6.07, 6.45) is 0. The molecule has 18 heavy (non-hydrogen) atoms. The zero-order chi connectivity index (χ0) is 13.1. The van der Waals surface area contributed by atoms with Gasteiger partial charge in [0.05, 0.1) is 10.7 Å². The molecule has 0 saturated heterocycles. The average molecular weight is 330 g/mol. The van der Waals surface area contributed by atoms with E-state index >= 15 is 0 Å². The van der Waals surface area contributed by atoms with Gasteiger partial charge in [0, 0.05) is 15.8 Å². The second-order valence-corrected chi connectivity index (χ2v) is 6.00. The molecule has 0 aliphatic rings. The molecule has 0 saturated carbocycles. The molecule has 1 heterocycles. The molecule has 0 aliphatic heterocycles. The number of hydrogen-bond donors (Lipinski definition) is 0. The van der Waals surface area contributed by atoms with Crippen LogP contribution >= 0.6 is 27.3 Å². The molecule has 0 spiro atoms. The third kappa shape index (κ3) is 3.29. The molecule has 0 unspecified atom stereocenters. The van der Waals surface area contributed by atoms with Crippen molar-refractivity contribution in [2.45, 2.75) is 26.4 Å². The molecule has 0 amide bonds. The van der Waals surface area contributed by atoms with Gasteiger partial charge in [-0.3, -0.25) is 0 Å². The van der Waals surface area contributed by atoms with Crippen LogP contribution in [0.4, 0.5) is 4.39 Å². The van der Waals surface area contributed by atoms with Crippen molar-refractivity contribution in [2.24, 2.45) is 0 Å². The zero-order valence-electron chi connectivity index (χ0n) is 10.1. The molecule has 1 aromatic carbocycles. The van der Waals surface area contributed by atoms with Gasteiger partial charge in [0.25, 0.3) is 0 Å². The zero-order valence-corrected chi connectivity index (χ0v) is 12.5. The van der Waals surface area contributed by atoms with E-state index in [1.54, 1.807) is 23.5 Å². The fraction of sp³-hybridized carbons (Fsp3) is 0.308. The molecular weight excluding hydrogens is 317 g/mol. The fourth-order valence-electron chi connectivity index (χ4n) is 1.39. The van der Waals surface area contributed by atoms with Crippen LogP contribution in [0.3, 0.4) is 0 Å². The largest absolute Gasteiger partial charge is 0.484 e. The van der Waals surface area contributed by atoms with Gasteiger partial charge >= 0.3 is 0 Å². The van der Waals surface area contributed by atoms with E-state index in [-0.39, 0.29) is 18.2 Å². The maximum Gasteiger partial charge on any atom is 0.165 e. The maximum absolute atomic E-state index is 13.4. The van der Waals surface area contributed by atoms with Crippen LogP contribution in [0.5, 0.6) is 5.75 Å². The van der Waals surface area contributed by atoms with E-state index in [2.05, 4.69) is 34.8 Å². The molecular formula is C13H13BrFNOS. The summed E-state index contributed by atoms with van der Waals surface area (Å²) < 4.78 is 19.7. The average Bonchev–Trinajstić information content (AvgIpc) is 2.79. The normalized spacial score (nSPS) is 10.9. The van der Waals surface area contributed by atoms with Gasteiger partial charge < -0.3 is 4.74 Å². The second kappa shape index (κ2) is 5.80. The third-order valence-electron chi connectivity index (χ3n) is 2.33. The highest BCUT2D eigenvalue weighted by Crippen LogP contribution is 2.24. The van der Waals surface area contributed by atoms with Gasteiger partial charge in [0.2, 0.25) is 0 Å². The molecule has 2 nitrogen and oxygen atoms in total. The minimum absolute atomic E-state index is 0.239. The van der Waals surface area contributed by atoms with E-state index in [1.165, 1.54) is 6.07 Å². The smallest absolute Gasteiger partial charge is 0.165 e. The van der Waals surface area contributed by atoms with Gasteiger partial charge in [0.1, 0.15) is 6.61 Å². The molecule has 2 aromatic rings. The van der Waals surface area contributed by atoms with E-state index in [0.29, 0.717) is 5.92 Å².